The highest BCUT2D eigenvalue weighted by atomic mass is 16.5. The van der Waals surface area contributed by atoms with Gasteiger partial charge in [-0.25, -0.2) is 0 Å². The molecule has 0 bridgehead atoms. The quantitative estimate of drug-likeness (QED) is 0.663. The lowest BCUT2D eigenvalue weighted by Crippen LogP contribution is -2.48. The van der Waals surface area contributed by atoms with Gasteiger partial charge in [-0.2, -0.15) is 0 Å². The van der Waals surface area contributed by atoms with E-state index in [-0.39, 0.29) is 0 Å². The molecular formula is C16H32N2O2. The van der Waals surface area contributed by atoms with Crippen molar-refractivity contribution in [3.8, 4) is 0 Å². The molecule has 4 nitrogen and oxygen atoms in total. The van der Waals surface area contributed by atoms with Crippen LogP contribution in [0.5, 0.6) is 0 Å². The van der Waals surface area contributed by atoms with Crippen LogP contribution in [0.3, 0.4) is 0 Å². The van der Waals surface area contributed by atoms with Gasteiger partial charge in [-0.1, -0.05) is 6.92 Å². The second kappa shape index (κ2) is 8.32. The zero-order valence-corrected chi connectivity index (χ0v) is 13.1. The monoisotopic (exact) mass is 284 g/mol. The van der Waals surface area contributed by atoms with E-state index in [0.717, 1.165) is 45.8 Å². The number of hydrogen-bond donors (Lipinski definition) is 2. The molecule has 2 N–H and O–H groups in total. The van der Waals surface area contributed by atoms with Crippen LogP contribution in [0.2, 0.25) is 0 Å². The predicted octanol–water partition coefficient (Wildman–Crippen LogP) is 1.49. The lowest BCUT2D eigenvalue weighted by atomic mass is 9.85. The van der Waals surface area contributed by atoms with Gasteiger partial charge in [0, 0.05) is 38.3 Å². The Balaban J connectivity index is 1.83. The molecule has 118 valence electrons. The van der Waals surface area contributed by atoms with Crippen LogP contribution in [0.25, 0.3) is 0 Å². The summed E-state index contributed by atoms with van der Waals surface area (Å²) in [6.07, 6.45) is 5.91. The highest BCUT2D eigenvalue weighted by Crippen LogP contribution is 2.31. The van der Waals surface area contributed by atoms with Crippen LogP contribution < -0.4 is 5.32 Å². The van der Waals surface area contributed by atoms with Crippen LogP contribution in [0.1, 0.15) is 39.0 Å². The van der Waals surface area contributed by atoms with Crippen molar-refractivity contribution in [2.24, 2.45) is 11.3 Å². The summed E-state index contributed by atoms with van der Waals surface area (Å²) in [6, 6.07) is 0. The lowest BCUT2D eigenvalue weighted by Gasteiger charge is -2.39. The average Bonchev–Trinajstić information content (AvgIpc) is 2.89. The Kier molecular flexibility index (Phi) is 6.75. The standard InChI is InChI=1S/C16H32N2O2/c1-2-7-17-12-16(6-10-20-14-16)13-18-8-3-4-15(11-18)5-9-19/h15,17,19H,2-14H2,1H3. The van der Waals surface area contributed by atoms with E-state index < -0.39 is 0 Å². The lowest BCUT2D eigenvalue weighted by molar-refractivity contribution is 0.0765. The van der Waals surface area contributed by atoms with E-state index in [1.165, 1.54) is 32.2 Å². The minimum Gasteiger partial charge on any atom is -0.396 e. The van der Waals surface area contributed by atoms with Gasteiger partial charge in [0.2, 0.25) is 0 Å². The number of nitrogens with zero attached hydrogens (tertiary/aromatic N) is 1. The second-order valence-corrected chi connectivity index (χ2v) is 6.74. The van der Waals surface area contributed by atoms with Gasteiger partial charge < -0.3 is 20.1 Å². The molecular weight excluding hydrogens is 252 g/mol. The number of aliphatic hydroxyl groups excluding tert-OH is 1. The first-order valence-electron chi connectivity index (χ1n) is 8.40. The number of rotatable bonds is 8. The first-order valence-corrected chi connectivity index (χ1v) is 8.40. The van der Waals surface area contributed by atoms with Crippen molar-refractivity contribution in [1.82, 2.24) is 10.2 Å². The molecule has 0 saturated carbocycles. The van der Waals surface area contributed by atoms with E-state index in [1.54, 1.807) is 0 Å². The minimum atomic E-state index is 0.316. The van der Waals surface area contributed by atoms with Crippen molar-refractivity contribution in [3.05, 3.63) is 0 Å². The smallest absolute Gasteiger partial charge is 0.0547 e. The molecule has 2 aliphatic heterocycles. The number of likely N-dealkylation sites (tertiary alicyclic amines) is 1. The number of aliphatic hydroxyl groups is 1. The van der Waals surface area contributed by atoms with Crippen LogP contribution >= 0.6 is 0 Å². The molecule has 2 fully saturated rings. The zero-order chi connectivity index (χ0) is 14.3. The Morgan fingerprint density at radius 1 is 1.45 bits per heavy atom. The largest absolute Gasteiger partial charge is 0.396 e. The van der Waals surface area contributed by atoms with Gasteiger partial charge in [-0.15, -0.1) is 0 Å². The third kappa shape index (κ3) is 4.69. The third-order valence-corrected chi connectivity index (χ3v) is 4.81. The molecule has 0 amide bonds. The minimum absolute atomic E-state index is 0.316. The van der Waals surface area contributed by atoms with Crippen LogP contribution in [-0.2, 0) is 4.74 Å². The first-order chi connectivity index (χ1) is 9.78. The number of nitrogens with one attached hydrogen (secondary N) is 1. The molecule has 2 rings (SSSR count). The van der Waals surface area contributed by atoms with Crippen LogP contribution in [0.15, 0.2) is 0 Å². The predicted molar refractivity (Wildman–Crippen MR) is 81.9 cm³/mol. The third-order valence-electron chi connectivity index (χ3n) is 4.81. The van der Waals surface area contributed by atoms with Crippen LogP contribution in [-0.4, -0.2) is 62.6 Å². The van der Waals surface area contributed by atoms with E-state index in [0.29, 0.717) is 17.9 Å². The Labute approximate surface area is 123 Å². The summed E-state index contributed by atoms with van der Waals surface area (Å²) in [5.41, 5.74) is 0.316. The Hall–Kier alpha value is -0.160. The Bertz CT molecular complexity index is 265. The summed E-state index contributed by atoms with van der Waals surface area (Å²) < 4.78 is 5.70. The van der Waals surface area contributed by atoms with Gasteiger partial charge >= 0.3 is 0 Å². The van der Waals surface area contributed by atoms with E-state index in [1.807, 2.05) is 0 Å². The van der Waals surface area contributed by atoms with Crippen LogP contribution in [0, 0.1) is 11.3 Å². The molecule has 0 spiro atoms. The molecule has 20 heavy (non-hydrogen) atoms. The van der Waals surface area contributed by atoms with Gasteiger partial charge in [0.05, 0.1) is 6.61 Å². The average molecular weight is 284 g/mol. The fraction of sp³-hybridized carbons (Fsp3) is 1.00. The fourth-order valence-electron chi connectivity index (χ4n) is 3.69. The molecule has 2 aliphatic rings. The SMILES string of the molecule is CCCNCC1(CN2CCCC(CCO)C2)CCOC1. The second-order valence-electron chi connectivity index (χ2n) is 6.74. The molecule has 0 aromatic heterocycles. The summed E-state index contributed by atoms with van der Waals surface area (Å²) in [5.74, 6) is 0.691. The zero-order valence-electron chi connectivity index (χ0n) is 13.1. The Morgan fingerprint density at radius 3 is 3.05 bits per heavy atom. The van der Waals surface area contributed by atoms with Crippen molar-refractivity contribution < 1.29 is 9.84 Å². The highest BCUT2D eigenvalue weighted by molar-refractivity contribution is 4.90. The van der Waals surface area contributed by atoms with E-state index in [9.17, 15) is 0 Å². The van der Waals surface area contributed by atoms with Gasteiger partial charge in [0.1, 0.15) is 0 Å². The molecule has 0 radical (unpaired) electrons. The summed E-state index contributed by atoms with van der Waals surface area (Å²) >= 11 is 0. The molecule has 4 heteroatoms. The molecule has 0 aliphatic carbocycles. The van der Waals surface area contributed by atoms with Gasteiger partial charge in [0.25, 0.3) is 0 Å². The number of ether oxygens (including phenoxy) is 1. The molecule has 0 aromatic carbocycles. The highest BCUT2D eigenvalue weighted by Gasteiger charge is 2.37. The van der Waals surface area contributed by atoms with E-state index in [4.69, 9.17) is 9.84 Å². The van der Waals surface area contributed by atoms with Gasteiger partial charge in [-0.3, -0.25) is 0 Å². The maximum atomic E-state index is 9.13. The van der Waals surface area contributed by atoms with Crippen molar-refractivity contribution in [2.75, 3.05) is 52.5 Å². The van der Waals surface area contributed by atoms with E-state index in [2.05, 4.69) is 17.1 Å². The topological polar surface area (TPSA) is 44.7 Å². The van der Waals surface area contributed by atoms with Gasteiger partial charge in [0.15, 0.2) is 0 Å². The molecule has 2 unspecified atom stereocenters. The molecule has 2 heterocycles. The molecule has 2 atom stereocenters. The number of hydrogen-bond acceptors (Lipinski definition) is 4. The normalized spacial score (nSPS) is 31.8. The van der Waals surface area contributed by atoms with Crippen molar-refractivity contribution in [1.29, 1.82) is 0 Å². The van der Waals surface area contributed by atoms with Crippen LogP contribution in [0.4, 0.5) is 0 Å². The fourth-order valence-corrected chi connectivity index (χ4v) is 3.69. The maximum absolute atomic E-state index is 9.13. The van der Waals surface area contributed by atoms with Gasteiger partial charge in [-0.05, 0) is 51.1 Å². The summed E-state index contributed by atoms with van der Waals surface area (Å²) in [7, 11) is 0. The van der Waals surface area contributed by atoms with Crippen molar-refractivity contribution >= 4 is 0 Å². The molecule has 0 aromatic rings. The first kappa shape index (κ1) is 16.2. The van der Waals surface area contributed by atoms with E-state index >= 15 is 0 Å². The Morgan fingerprint density at radius 2 is 2.35 bits per heavy atom. The van der Waals surface area contributed by atoms with Crippen molar-refractivity contribution in [3.63, 3.8) is 0 Å². The van der Waals surface area contributed by atoms with Crippen molar-refractivity contribution in [2.45, 2.75) is 39.0 Å². The summed E-state index contributed by atoms with van der Waals surface area (Å²) in [5, 5.41) is 12.7. The molecule has 2 saturated heterocycles. The number of piperidine rings is 1. The summed E-state index contributed by atoms with van der Waals surface area (Å²) in [4.78, 5) is 2.62. The summed E-state index contributed by atoms with van der Waals surface area (Å²) in [6.45, 7) is 10.1. The maximum Gasteiger partial charge on any atom is 0.0547 e.